The number of carbonyl (C=O) groups excluding carboxylic acids is 2. The standard InChI is InChI=1S/C25H24F3N5O4/c1-36-19-6-7-21(20(8-19)25(26,27)28)37-18-4-2-15(3-5-18)11-32-23(35)24(9-17(29)10-24)33-22(34)16-12-30-14-31-13-16/h2-8,12-14,17H,9-11,29H2,1H3,(H,32,35)(H,33,34). The lowest BCUT2D eigenvalue weighted by molar-refractivity contribution is -0.138. The zero-order chi connectivity index (χ0) is 26.6. The van der Waals surface area contributed by atoms with Gasteiger partial charge in [0, 0.05) is 25.0 Å². The van der Waals surface area contributed by atoms with Gasteiger partial charge >= 0.3 is 6.18 Å². The van der Waals surface area contributed by atoms with Gasteiger partial charge in [0.15, 0.2) is 0 Å². The van der Waals surface area contributed by atoms with Crippen LogP contribution in [0.15, 0.2) is 61.2 Å². The predicted molar refractivity (Wildman–Crippen MR) is 126 cm³/mol. The van der Waals surface area contributed by atoms with Crippen molar-refractivity contribution in [1.29, 1.82) is 0 Å². The quantitative estimate of drug-likeness (QED) is 0.420. The zero-order valence-electron chi connectivity index (χ0n) is 19.7. The maximum atomic E-state index is 13.4. The molecule has 9 nitrogen and oxygen atoms in total. The number of benzene rings is 2. The van der Waals surface area contributed by atoms with Crippen LogP contribution in [0.4, 0.5) is 13.2 Å². The van der Waals surface area contributed by atoms with Gasteiger partial charge in [-0.1, -0.05) is 12.1 Å². The van der Waals surface area contributed by atoms with E-state index in [2.05, 4.69) is 20.6 Å². The molecule has 1 aromatic heterocycles. The van der Waals surface area contributed by atoms with Gasteiger partial charge in [-0.15, -0.1) is 0 Å². The third-order valence-corrected chi connectivity index (χ3v) is 5.93. The second kappa shape index (κ2) is 10.4. The minimum atomic E-state index is -4.63. The second-order valence-electron chi connectivity index (χ2n) is 8.62. The number of hydrogen-bond acceptors (Lipinski definition) is 7. The lowest BCUT2D eigenvalue weighted by atomic mass is 9.72. The number of amides is 2. The van der Waals surface area contributed by atoms with Gasteiger partial charge in [0.1, 0.15) is 34.7 Å². The summed E-state index contributed by atoms with van der Waals surface area (Å²) in [6.07, 6.45) is -0.0967. The molecule has 2 amide bonds. The van der Waals surface area contributed by atoms with E-state index in [1.165, 1.54) is 50.1 Å². The minimum Gasteiger partial charge on any atom is -0.497 e. The number of hydrogen-bond donors (Lipinski definition) is 3. The molecule has 1 aliphatic rings. The van der Waals surface area contributed by atoms with Crippen LogP contribution in [0.25, 0.3) is 0 Å². The Morgan fingerprint density at radius 2 is 1.73 bits per heavy atom. The van der Waals surface area contributed by atoms with Crippen LogP contribution in [0, 0.1) is 0 Å². The molecular formula is C25H24F3N5O4. The van der Waals surface area contributed by atoms with E-state index in [-0.39, 0.29) is 48.2 Å². The summed E-state index contributed by atoms with van der Waals surface area (Å²) >= 11 is 0. The average molecular weight is 515 g/mol. The second-order valence-corrected chi connectivity index (χ2v) is 8.62. The first-order valence-electron chi connectivity index (χ1n) is 11.2. The lowest BCUT2D eigenvalue weighted by Crippen LogP contribution is -2.68. The molecular weight excluding hydrogens is 491 g/mol. The van der Waals surface area contributed by atoms with Crippen LogP contribution in [0.2, 0.25) is 0 Å². The van der Waals surface area contributed by atoms with Crippen molar-refractivity contribution in [1.82, 2.24) is 20.6 Å². The number of methoxy groups -OCH3 is 1. The van der Waals surface area contributed by atoms with E-state index >= 15 is 0 Å². The van der Waals surface area contributed by atoms with Gasteiger partial charge in [-0.25, -0.2) is 9.97 Å². The number of nitrogens with zero attached hydrogens (tertiary/aromatic N) is 2. The molecule has 1 aliphatic carbocycles. The van der Waals surface area contributed by atoms with E-state index < -0.39 is 29.1 Å². The Balaban J connectivity index is 1.39. The van der Waals surface area contributed by atoms with Crippen LogP contribution in [0.1, 0.15) is 34.3 Å². The molecule has 37 heavy (non-hydrogen) atoms. The maximum absolute atomic E-state index is 13.4. The Morgan fingerprint density at radius 1 is 1.08 bits per heavy atom. The van der Waals surface area contributed by atoms with E-state index in [1.807, 2.05) is 0 Å². The largest absolute Gasteiger partial charge is 0.497 e. The fourth-order valence-corrected chi connectivity index (χ4v) is 3.99. The first-order valence-corrected chi connectivity index (χ1v) is 11.2. The van der Waals surface area contributed by atoms with Crippen LogP contribution < -0.4 is 25.8 Å². The first-order chi connectivity index (χ1) is 17.6. The fourth-order valence-electron chi connectivity index (χ4n) is 3.99. The lowest BCUT2D eigenvalue weighted by Gasteiger charge is -2.45. The molecule has 3 aromatic rings. The van der Waals surface area contributed by atoms with Crippen molar-refractivity contribution in [3.63, 3.8) is 0 Å². The van der Waals surface area contributed by atoms with Crippen molar-refractivity contribution in [3.8, 4) is 17.2 Å². The molecule has 1 heterocycles. The highest BCUT2D eigenvalue weighted by molar-refractivity contribution is 5.99. The summed E-state index contributed by atoms with van der Waals surface area (Å²) in [6.45, 7) is 0.122. The van der Waals surface area contributed by atoms with Crippen molar-refractivity contribution in [2.24, 2.45) is 5.73 Å². The number of nitrogens with two attached hydrogens (primary N) is 1. The predicted octanol–water partition coefficient (Wildman–Crippen LogP) is 3.20. The van der Waals surface area contributed by atoms with Crippen LogP contribution in [0.3, 0.4) is 0 Å². The Kier molecular flexibility index (Phi) is 7.30. The van der Waals surface area contributed by atoms with Crippen LogP contribution in [-0.4, -0.2) is 40.5 Å². The van der Waals surface area contributed by atoms with Crippen molar-refractivity contribution < 1.29 is 32.2 Å². The number of ether oxygens (including phenoxy) is 2. The molecule has 0 spiro atoms. The molecule has 194 valence electrons. The van der Waals surface area contributed by atoms with Gasteiger partial charge in [0.05, 0.1) is 12.7 Å². The molecule has 12 heteroatoms. The van der Waals surface area contributed by atoms with E-state index in [0.717, 1.165) is 6.07 Å². The normalized spacial score (nSPS) is 18.9. The van der Waals surface area contributed by atoms with Crippen molar-refractivity contribution >= 4 is 11.8 Å². The molecule has 0 unspecified atom stereocenters. The van der Waals surface area contributed by atoms with Crippen molar-refractivity contribution in [2.75, 3.05) is 7.11 Å². The van der Waals surface area contributed by atoms with Crippen molar-refractivity contribution in [2.45, 2.75) is 37.1 Å². The molecule has 0 aliphatic heterocycles. The molecule has 4 rings (SSSR count). The Bertz CT molecular complexity index is 1260. The summed E-state index contributed by atoms with van der Waals surface area (Å²) in [6, 6.07) is 9.43. The molecule has 1 saturated carbocycles. The summed E-state index contributed by atoms with van der Waals surface area (Å²) in [5, 5.41) is 5.53. The van der Waals surface area contributed by atoms with Gasteiger partial charge < -0.3 is 25.8 Å². The summed E-state index contributed by atoms with van der Waals surface area (Å²) < 4.78 is 50.6. The molecule has 1 fully saturated rings. The van der Waals surface area contributed by atoms with Gasteiger partial charge in [-0.3, -0.25) is 9.59 Å². The number of aromatic nitrogens is 2. The summed E-state index contributed by atoms with van der Waals surface area (Å²) in [5.41, 5.74) is 4.68. The van der Waals surface area contributed by atoms with E-state index in [9.17, 15) is 22.8 Å². The number of nitrogens with one attached hydrogen (secondary N) is 2. The summed E-state index contributed by atoms with van der Waals surface area (Å²) in [5.74, 6) is -1.00. The Labute approximate surface area is 210 Å². The molecule has 0 bridgehead atoms. The highest BCUT2D eigenvalue weighted by atomic mass is 19.4. The van der Waals surface area contributed by atoms with Crippen LogP contribution in [-0.2, 0) is 17.5 Å². The number of carbonyl (C=O) groups is 2. The molecule has 4 N–H and O–H groups in total. The monoisotopic (exact) mass is 515 g/mol. The number of halogens is 3. The SMILES string of the molecule is COc1ccc(Oc2ccc(CNC(=O)C3(NC(=O)c4cncnc4)CC(N)C3)cc2)c(C(F)(F)F)c1. The zero-order valence-corrected chi connectivity index (χ0v) is 19.7. The maximum Gasteiger partial charge on any atom is 0.420 e. The highest BCUT2D eigenvalue weighted by Gasteiger charge is 2.50. The molecule has 0 radical (unpaired) electrons. The molecule has 0 saturated heterocycles. The third-order valence-electron chi connectivity index (χ3n) is 5.93. The van der Waals surface area contributed by atoms with Crippen molar-refractivity contribution in [3.05, 3.63) is 77.9 Å². The smallest absolute Gasteiger partial charge is 0.420 e. The van der Waals surface area contributed by atoms with Gasteiger partial charge in [-0.2, -0.15) is 13.2 Å². The van der Waals surface area contributed by atoms with E-state index in [1.54, 1.807) is 12.1 Å². The van der Waals surface area contributed by atoms with E-state index in [4.69, 9.17) is 15.2 Å². The van der Waals surface area contributed by atoms with Crippen LogP contribution in [0.5, 0.6) is 17.2 Å². The topological polar surface area (TPSA) is 128 Å². The fraction of sp³-hybridized carbons (Fsp3) is 0.280. The van der Waals surface area contributed by atoms with E-state index in [0.29, 0.717) is 5.56 Å². The highest BCUT2D eigenvalue weighted by Crippen LogP contribution is 2.40. The van der Waals surface area contributed by atoms with Gasteiger partial charge in [-0.05, 0) is 48.7 Å². The molecule has 0 atom stereocenters. The Hall–Kier alpha value is -4.19. The Morgan fingerprint density at radius 3 is 2.32 bits per heavy atom. The first kappa shape index (κ1) is 25.9. The number of rotatable bonds is 8. The number of alkyl halides is 3. The summed E-state index contributed by atoms with van der Waals surface area (Å²) in [7, 11) is 1.28. The average Bonchev–Trinajstić information content (AvgIpc) is 2.87. The molecule has 2 aromatic carbocycles. The third kappa shape index (κ3) is 5.97. The van der Waals surface area contributed by atoms with Crippen LogP contribution >= 0.6 is 0 Å². The van der Waals surface area contributed by atoms with Gasteiger partial charge in [0.2, 0.25) is 5.91 Å². The minimum absolute atomic E-state index is 0.0595. The van der Waals surface area contributed by atoms with Gasteiger partial charge in [0.25, 0.3) is 5.91 Å². The summed E-state index contributed by atoms with van der Waals surface area (Å²) in [4.78, 5) is 33.1.